The Balaban J connectivity index is 2.98. The van der Waals surface area contributed by atoms with Crippen LogP contribution in [-0.2, 0) is 9.53 Å². The van der Waals surface area contributed by atoms with Gasteiger partial charge in [0.15, 0.2) is 11.4 Å². The normalized spacial score (nSPS) is 27.7. The van der Waals surface area contributed by atoms with Gasteiger partial charge in [-0.15, -0.1) is 0 Å². The predicted octanol–water partition coefficient (Wildman–Crippen LogP) is -0.650. The zero-order valence-corrected chi connectivity index (χ0v) is 7.00. The van der Waals surface area contributed by atoms with Crippen molar-refractivity contribution in [2.45, 2.75) is 12.6 Å². The number of nitrogens with zero attached hydrogens (tertiary/aromatic N) is 1. The number of primary amides is 1. The molecule has 12 heavy (non-hydrogen) atoms. The van der Waals surface area contributed by atoms with Crippen LogP contribution < -0.4 is 11.1 Å². The van der Waals surface area contributed by atoms with Crippen molar-refractivity contribution in [2.75, 3.05) is 7.11 Å². The van der Waals surface area contributed by atoms with E-state index in [0.717, 1.165) is 0 Å². The Labute approximate surface area is 70.3 Å². The average Bonchev–Trinajstić information content (AvgIpc) is 2.05. The molecule has 0 aromatic carbocycles. The molecule has 0 radical (unpaired) electrons. The van der Waals surface area contributed by atoms with Gasteiger partial charge in [0, 0.05) is 19.5 Å². The van der Waals surface area contributed by atoms with Crippen molar-refractivity contribution in [1.29, 1.82) is 0 Å². The van der Waals surface area contributed by atoms with Crippen molar-refractivity contribution in [1.82, 2.24) is 5.32 Å². The van der Waals surface area contributed by atoms with E-state index in [1.807, 2.05) is 0 Å². The molecule has 1 rings (SSSR count). The lowest BCUT2D eigenvalue weighted by molar-refractivity contribution is -0.113. The quantitative estimate of drug-likeness (QED) is 0.576. The van der Waals surface area contributed by atoms with Gasteiger partial charge in [-0.05, 0) is 6.92 Å². The molecule has 66 valence electrons. The Hall–Kier alpha value is -1.36. The van der Waals surface area contributed by atoms with Gasteiger partial charge in [0.1, 0.15) is 0 Å². The van der Waals surface area contributed by atoms with Gasteiger partial charge in [0.05, 0.1) is 0 Å². The number of amides is 1. The number of hydrogen-bond donors (Lipinski definition) is 2. The van der Waals surface area contributed by atoms with E-state index in [9.17, 15) is 4.79 Å². The highest BCUT2D eigenvalue weighted by molar-refractivity contribution is 6.41. The molecule has 0 aromatic heterocycles. The van der Waals surface area contributed by atoms with Gasteiger partial charge < -0.3 is 15.8 Å². The molecule has 1 aliphatic heterocycles. The van der Waals surface area contributed by atoms with Gasteiger partial charge in [-0.25, -0.2) is 4.99 Å². The summed E-state index contributed by atoms with van der Waals surface area (Å²) in [6.45, 7) is 1.68. The third-order valence-corrected chi connectivity index (χ3v) is 1.73. The van der Waals surface area contributed by atoms with Crippen molar-refractivity contribution >= 4 is 11.6 Å². The number of methoxy groups -OCH3 is 1. The number of carbonyl (C=O) groups is 1. The SMILES string of the molecule is COC1(C)NC=CN=C1C(N)=O. The van der Waals surface area contributed by atoms with Gasteiger partial charge in [-0.1, -0.05) is 0 Å². The summed E-state index contributed by atoms with van der Waals surface area (Å²) in [5.74, 6) is -0.587. The van der Waals surface area contributed by atoms with Crippen LogP contribution in [0.5, 0.6) is 0 Å². The first-order valence-corrected chi connectivity index (χ1v) is 3.46. The molecule has 1 heterocycles. The lowest BCUT2D eigenvalue weighted by Crippen LogP contribution is -2.54. The van der Waals surface area contributed by atoms with Gasteiger partial charge in [-0.2, -0.15) is 0 Å². The van der Waals surface area contributed by atoms with Crippen LogP contribution in [0.15, 0.2) is 17.4 Å². The molecule has 0 saturated carbocycles. The third-order valence-electron chi connectivity index (χ3n) is 1.73. The Bertz CT molecular complexity index is 259. The molecule has 0 aliphatic carbocycles. The Kier molecular flexibility index (Phi) is 2.14. The molecular weight excluding hydrogens is 158 g/mol. The second-order valence-corrected chi connectivity index (χ2v) is 2.54. The minimum Gasteiger partial charge on any atom is -0.364 e. The number of carbonyl (C=O) groups excluding carboxylic acids is 1. The minimum atomic E-state index is -0.902. The summed E-state index contributed by atoms with van der Waals surface area (Å²) in [6, 6.07) is 0. The number of hydrogen-bond acceptors (Lipinski definition) is 4. The standard InChI is InChI=1S/C7H11N3O2/c1-7(12-2)5(6(8)11)9-3-4-10-7/h3-4,10H,1-2H3,(H2,8,11). The van der Waals surface area contributed by atoms with E-state index in [0.29, 0.717) is 0 Å². The summed E-state index contributed by atoms with van der Waals surface area (Å²) in [5, 5.41) is 2.84. The fourth-order valence-electron chi connectivity index (χ4n) is 0.954. The Morgan fingerprint density at radius 2 is 2.50 bits per heavy atom. The van der Waals surface area contributed by atoms with Crippen molar-refractivity contribution in [3.63, 3.8) is 0 Å². The van der Waals surface area contributed by atoms with E-state index >= 15 is 0 Å². The molecular formula is C7H11N3O2. The molecule has 0 aromatic rings. The molecule has 1 amide bonds. The molecule has 5 nitrogen and oxygen atoms in total. The van der Waals surface area contributed by atoms with E-state index in [4.69, 9.17) is 10.5 Å². The van der Waals surface area contributed by atoms with Crippen LogP contribution in [-0.4, -0.2) is 24.5 Å². The summed E-state index contributed by atoms with van der Waals surface area (Å²) in [6.07, 6.45) is 3.05. The van der Waals surface area contributed by atoms with Crippen molar-refractivity contribution in [2.24, 2.45) is 10.7 Å². The van der Waals surface area contributed by atoms with Gasteiger partial charge >= 0.3 is 0 Å². The second kappa shape index (κ2) is 2.94. The summed E-state index contributed by atoms with van der Waals surface area (Å²) in [7, 11) is 1.48. The maximum atomic E-state index is 10.9. The van der Waals surface area contributed by atoms with Crippen molar-refractivity contribution in [3.05, 3.63) is 12.4 Å². The average molecular weight is 169 g/mol. The molecule has 1 atom stereocenters. The van der Waals surface area contributed by atoms with Crippen molar-refractivity contribution in [3.8, 4) is 0 Å². The van der Waals surface area contributed by atoms with Gasteiger partial charge in [0.25, 0.3) is 5.91 Å². The molecule has 0 fully saturated rings. The summed E-state index contributed by atoms with van der Waals surface area (Å²) < 4.78 is 5.06. The maximum absolute atomic E-state index is 10.9. The largest absolute Gasteiger partial charge is 0.364 e. The van der Waals surface area contributed by atoms with Crippen LogP contribution >= 0.6 is 0 Å². The molecule has 5 heteroatoms. The van der Waals surface area contributed by atoms with E-state index in [2.05, 4.69) is 10.3 Å². The van der Waals surface area contributed by atoms with E-state index in [1.54, 1.807) is 13.1 Å². The summed E-state index contributed by atoms with van der Waals surface area (Å²) >= 11 is 0. The molecule has 0 spiro atoms. The highest BCUT2D eigenvalue weighted by Crippen LogP contribution is 2.11. The maximum Gasteiger partial charge on any atom is 0.268 e. The van der Waals surface area contributed by atoms with Crippen molar-refractivity contribution < 1.29 is 9.53 Å². The van der Waals surface area contributed by atoms with Gasteiger partial charge in [-0.3, -0.25) is 4.79 Å². The smallest absolute Gasteiger partial charge is 0.268 e. The number of ether oxygens (including phenoxy) is 1. The first-order valence-electron chi connectivity index (χ1n) is 3.46. The van der Waals surface area contributed by atoms with E-state index in [1.165, 1.54) is 13.3 Å². The zero-order chi connectivity index (χ0) is 9.19. The van der Waals surface area contributed by atoms with Crippen LogP contribution in [0, 0.1) is 0 Å². The van der Waals surface area contributed by atoms with Crippen LogP contribution in [0.4, 0.5) is 0 Å². The molecule has 0 bridgehead atoms. The zero-order valence-electron chi connectivity index (χ0n) is 7.00. The molecule has 3 N–H and O–H groups in total. The predicted molar refractivity (Wildman–Crippen MR) is 44.3 cm³/mol. The lowest BCUT2D eigenvalue weighted by Gasteiger charge is -2.29. The fraction of sp³-hybridized carbons (Fsp3) is 0.429. The van der Waals surface area contributed by atoms with Gasteiger partial charge in [0.2, 0.25) is 0 Å². The van der Waals surface area contributed by atoms with E-state index < -0.39 is 11.6 Å². The Morgan fingerprint density at radius 1 is 1.83 bits per heavy atom. The number of aliphatic imine (C=N–C) groups is 1. The molecule has 1 aliphatic rings. The number of nitrogens with one attached hydrogen (secondary N) is 1. The van der Waals surface area contributed by atoms with Crippen LogP contribution in [0.1, 0.15) is 6.92 Å². The first-order chi connectivity index (χ1) is 5.60. The van der Waals surface area contributed by atoms with E-state index in [-0.39, 0.29) is 5.71 Å². The second-order valence-electron chi connectivity index (χ2n) is 2.54. The molecule has 0 saturated heterocycles. The lowest BCUT2D eigenvalue weighted by atomic mass is 10.1. The molecule has 1 unspecified atom stereocenters. The minimum absolute atomic E-state index is 0.174. The summed E-state index contributed by atoms with van der Waals surface area (Å²) in [5.41, 5.74) is 4.37. The summed E-state index contributed by atoms with van der Waals surface area (Å²) in [4.78, 5) is 14.7. The fourth-order valence-corrected chi connectivity index (χ4v) is 0.954. The highest BCUT2D eigenvalue weighted by atomic mass is 16.5. The Morgan fingerprint density at radius 3 is 2.92 bits per heavy atom. The first kappa shape index (κ1) is 8.73. The monoisotopic (exact) mass is 169 g/mol. The number of rotatable bonds is 2. The van der Waals surface area contributed by atoms with Crippen LogP contribution in [0.3, 0.4) is 0 Å². The topological polar surface area (TPSA) is 76.7 Å². The number of nitrogens with two attached hydrogens (primary N) is 1. The van der Waals surface area contributed by atoms with Crippen LogP contribution in [0.25, 0.3) is 0 Å². The van der Waals surface area contributed by atoms with Crippen LogP contribution in [0.2, 0.25) is 0 Å². The highest BCUT2D eigenvalue weighted by Gasteiger charge is 2.34. The third kappa shape index (κ3) is 1.31.